The van der Waals surface area contributed by atoms with Crippen molar-refractivity contribution in [1.82, 2.24) is 0 Å². The maximum absolute atomic E-state index is 13.4. The van der Waals surface area contributed by atoms with Crippen molar-refractivity contribution < 1.29 is 12.8 Å². The molecule has 106 valence electrons. The summed E-state index contributed by atoms with van der Waals surface area (Å²) < 4.78 is 40.6. The minimum absolute atomic E-state index is 0.103. The summed E-state index contributed by atoms with van der Waals surface area (Å²) in [5.41, 5.74) is 6.52. The third-order valence-corrected chi connectivity index (χ3v) is 4.46. The Labute approximate surface area is 117 Å². The Morgan fingerprint density at radius 2 is 1.85 bits per heavy atom. The van der Waals surface area contributed by atoms with Gasteiger partial charge in [0.15, 0.2) is 0 Å². The van der Waals surface area contributed by atoms with Crippen LogP contribution in [0.25, 0.3) is 0 Å². The number of rotatable bonds is 4. The molecule has 0 spiro atoms. The van der Waals surface area contributed by atoms with Crippen molar-refractivity contribution in [3.05, 3.63) is 59.4 Å². The molecule has 0 aromatic heterocycles. The Kier molecular flexibility index (Phi) is 4.06. The van der Waals surface area contributed by atoms with Crippen LogP contribution in [-0.4, -0.2) is 8.42 Å². The second-order valence-electron chi connectivity index (χ2n) is 4.33. The second kappa shape index (κ2) is 5.60. The number of nitrogens with one attached hydrogen (secondary N) is 1. The summed E-state index contributed by atoms with van der Waals surface area (Å²) in [7, 11) is -3.79. The van der Waals surface area contributed by atoms with Crippen LogP contribution >= 0.6 is 0 Å². The minimum atomic E-state index is -3.79. The topological polar surface area (TPSA) is 72.2 Å². The summed E-state index contributed by atoms with van der Waals surface area (Å²) in [4.78, 5) is 0.103. The van der Waals surface area contributed by atoms with Gasteiger partial charge in [0.25, 0.3) is 10.0 Å². The Bertz CT molecular complexity index is 730. The van der Waals surface area contributed by atoms with Gasteiger partial charge in [-0.3, -0.25) is 4.72 Å². The molecule has 4 nitrogen and oxygen atoms in total. The number of benzene rings is 2. The lowest BCUT2D eigenvalue weighted by molar-refractivity contribution is 0.599. The van der Waals surface area contributed by atoms with Crippen LogP contribution in [0.1, 0.15) is 11.1 Å². The first-order chi connectivity index (χ1) is 9.45. The molecule has 0 saturated carbocycles. The third kappa shape index (κ3) is 2.81. The molecule has 6 heteroatoms. The van der Waals surface area contributed by atoms with Gasteiger partial charge in [-0.05, 0) is 30.7 Å². The second-order valence-corrected chi connectivity index (χ2v) is 5.98. The third-order valence-electron chi connectivity index (χ3n) is 2.99. The van der Waals surface area contributed by atoms with E-state index >= 15 is 0 Å². The smallest absolute Gasteiger partial charge is 0.262 e. The zero-order chi connectivity index (χ0) is 14.8. The zero-order valence-corrected chi connectivity index (χ0v) is 11.7. The van der Waals surface area contributed by atoms with Crippen LogP contribution in [-0.2, 0) is 16.6 Å². The molecule has 0 heterocycles. The highest BCUT2D eigenvalue weighted by Crippen LogP contribution is 2.23. The van der Waals surface area contributed by atoms with E-state index in [2.05, 4.69) is 4.72 Å². The van der Waals surface area contributed by atoms with Gasteiger partial charge in [-0.2, -0.15) is 0 Å². The number of sulfonamides is 1. The molecule has 2 rings (SSSR count). The van der Waals surface area contributed by atoms with Crippen molar-refractivity contribution in [2.45, 2.75) is 18.4 Å². The molecule has 2 aromatic carbocycles. The fourth-order valence-corrected chi connectivity index (χ4v) is 3.23. The van der Waals surface area contributed by atoms with Crippen molar-refractivity contribution in [1.29, 1.82) is 0 Å². The van der Waals surface area contributed by atoms with Crippen LogP contribution in [0, 0.1) is 12.7 Å². The molecule has 0 saturated heterocycles. The van der Waals surface area contributed by atoms with E-state index in [9.17, 15) is 12.8 Å². The van der Waals surface area contributed by atoms with E-state index in [4.69, 9.17) is 5.73 Å². The van der Waals surface area contributed by atoms with E-state index < -0.39 is 15.8 Å². The molecule has 0 aliphatic rings. The normalized spacial score (nSPS) is 11.3. The van der Waals surface area contributed by atoms with Gasteiger partial charge in [0.1, 0.15) is 5.82 Å². The van der Waals surface area contributed by atoms with Crippen LogP contribution in [0.5, 0.6) is 0 Å². The fraction of sp³-hybridized carbons (Fsp3) is 0.143. The first-order valence-electron chi connectivity index (χ1n) is 6.01. The predicted octanol–water partition coefficient (Wildman–Crippen LogP) is 2.39. The van der Waals surface area contributed by atoms with E-state index in [0.29, 0.717) is 5.56 Å². The van der Waals surface area contributed by atoms with E-state index in [1.807, 2.05) is 0 Å². The SMILES string of the molecule is Cc1c(F)cccc1NS(=O)(=O)c1ccccc1CN. The summed E-state index contributed by atoms with van der Waals surface area (Å²) in [6.07, 6.45) is 0. The number of halogens is 1. The van der Waals surface area contributed by atoms with Gasteiger partial charge in [-0.1, -0.05) is 24.3 Å². The number of anilines is 1. The molecule has 0 aliphatic carbocycles. The molecule has 0 fully saturated rings. The van der Waals surface area contributed by atoms with Gasteiger partial charge < -0.3 is 5.73 Å². The van der Waals surface area contributed by atoms with Gasteiger partial charge >= 0.3 is 0 Å². The lowest BCUT2D eigenvalue weighted by atomic mass is 10.2. The molecule has 2 aromatic rings. The Balaban J connectivity index is 2.44. The Morgan fingerprint density at radius 3 is 2.55 bits per heavy atom. The Hall–Kier alpha value is -1.92. The van der Waals surface area contributed by atoms with Crippen molar-refractivity contribution in [3.8, 4) is 0 Å². The summed E-state index contributed by atoms with van der Waals surface area (Å²) in [6, 6.07) is 10.7. The number of hydrogen-bond acceptors (Lipinski definition) is 3. The lowest BCUT2D eigenvalue weighted by Crippen LogP contribution is -2.17. The van der Waals surface area contributed by atoms with Gasteiger partial charge in [-0.15, -0.1) is 0 Å². The summed E-state index contributed by atoms with van der Waals surface area (Å²) >= 11 is 0. The molecule has 0 unspecified atom stereocenters. The van der Waals surface area contributed by atoms with Crippen LogP contribution in [0.2, 0.25) is 0 Å². The molecular weight excluding hydrogens is 279 g/mol. The molecule has 20 heavy (non-hydrogen) atoms. The van der Waals surface area contributed by atoms with Crippen molar-refractivity contribution in [2.24, 2.45) is 5.73 Å². The molecule has 0 amide bonds. The quantitative estimate of drug-likeness (QED) is 0.909. The largest absolute Gasteiger partial charge is 0.326 e. The van der Waals surface area contributed by atoms with Crippen molar-refractivity contribution in [2.75, 3.05) is 4.72 Å². The minimum Gasteiger partial charge on any atom is -0.326 e. The van der Waals surface area contributed by atoms with Crippen molar-refractivity contribution in [3.63, 3.8) is 0 Å². The molecular formula is C14H15FN2O2S. The molecule has 0 bridgehead atoms. The highest BCUT2D eigenvalue weighted by atomic mass is 32.2. The van der Waals surface area contributed by atoms with Crippen LogP contribution in [0.3, 0.4) is 0 Å². The Morgan fingerprint density at radius 1 is 1.15 bits per heavy atom. The number of nitrogens with two attached hydrogens (primary N) is 1. The van der Waals surface area contributed by atoms with E-state index in [-0.39, 0.29) is 22.7 Å². The molecule has 0 radical (unpaired) electrons. The number of hydrogen-bond donors (Lipinski definition) is 2. The van der Waals surface area contributed by atoms with Gasteiger partial charge in [-0.25, -0.2) is 12.8 Å². The van der Waals surface area contributed by atoms with Crippen LogP contribution < -0.4 is 10.5 Å². The molecule has 3 N–H and O–H groups in total. The van der Waals surface area contributed by atoms with Crippen LogP contribution in [0.15, 0.2) is 47.4 Å². The predicted molar refractivity (Wildman–Crippen MR) is 76.3 cm³/mol. The monoisotopic (exact) mass is 294 g/mol. The van der Waals surface area contributed by atoms with E-state index in [0.717, 1.165) is 0 Å². The summed E-state index contributed by atoms with van der Waals surface area (Å²) in [5.74, 6) is -0.461. The van der Waals surface area contributed by atoms with Gasteiger partial charge in [0, 0.05) is 12.1 Å². The summed E-state index contributed by atoms with van der Waals surface area (Å²) in [5, 5.41) is 0. The van der Waals surface area contributed by atoms with E-state index in [1.165, 1.54) is 31.2 Å². The van der Waals surface area contributed by atoms with Crippen LogP contribution in [0.4, 0.5) is 10.1 Å². The van der Waals surface area contributed by atoms with Gasteiger partial charge in [0.2, 0.25) is 0 Å². The zero-order valence-electron chi connectivity index (χ0n) is 10.9. The highest BCUT2D eigenvalue weighted by molar-refractivity contribution is 7.92. The molecule has 0 atom stereocenters. The van der Waals surface area contributed by atoms with Crippen molar-refractivity contribution >= 4 is 15.7 Å². The average Bonchev–Trinajstić information content (AvgIpc) is 2.43. The maximum Gasteiger partial charge on any atom is 0.262 e. The molecule has 0 aliphatic heterocycles. The fourth-order valence-electron chi connectivity index (χ4n) is 1.85. The maximum atomic E-state index is 13.4. The standard InChI is InChI=1S/C14H15FN2O2S/c1-10-12(15)6-4-7-13(10)17-20(18,19)14-8-3-2-5-11(14)9-16/h2-8,17H,9,16H2,1H3. The first kappa shape index (κ1) is 14.5. The summed E-state index contributed by atoms with van der Waals surface area (Å²) in [6.45, 7) is 1.63. The highest BCUT2D eigenvalue weighted by Gasteiger charge is 2.18. The van der Waals surface area contributed by atoms with Gasteiger partial charge in [0.05, 0.1) is 10.6 Å². The average molecular weight is 294 g/mol. The first-order valence-corrected chi connectivity index (χ1v) is 7.50. The van der Waals surface area contributed by atoms with E-state index in [1.54, 1.807) is 18.2 Å². The lowest BCUT2D eigenvalue weighted by Gasteiger charge is -2.13.